The van der Waals surface area contributed by atoms with Gasteiger partial charge in [-0.3, -0.25) is 9.69 Å². The molecule has 9 heteroatoms. The second-order valence-corrected chi connectivity index (χ2v) is 7.76. The quantitative estimate of drug-likeness (QED) is 0.460. The highest BCUT2D eigenvalue weighted by Gasteiger charge is 2.40. The SMILES string of the molecule is CCCC(C(=O)O)N1C(=O)/C(=C/c2ccccc2OC(CC)C(=O)O)SC1=S. The molecule has 1 fully saturated rings. The summed E-state index contributed by atoms with van der Waals surface area (Å²) in [6.07, 6.45) is 1.71. The van der Waals surface area contributed by atoms with Crippen molar-refractivity contribution in [3.8, 4) is 5.75 Å². The van der Waals surface area contributed by atoms with Gasteiger partial charge >= 0.3 is 11.9 Å². The first-order valence-corrected chi connectivity index (χ1v) is 10.0. The number of para-hydroxylation sites is 1. The maximum absolute atomic E-state index is 12.8. The van der Waals surface area contributed by atoms with Gasteiger partial charge in [-0.1, -0.05) is 62.4 Å². The Morgan fingerprint density at radius 1 is 1.25 bits per heavy atom. The Morgan fingerprint density at radius 2 is 1.93 bits per heavy atom. The summed E-state index contributed by atoms with van der Waals surface area (Å²) in [4.78, 5) is 37.0. The molecule has 1 aliphatic heterocycles. The van der Waals surface area contributed by atoms with Crippen LogP contribution in [0.4, 0.5) is 0 Å². The Morgan fingerprint density at radius 3 is 2.50 bits per heavy atom. The number of carboxylic acid groups (broad SMARTS) is 2. The number of carbonyl (C=O) groups is 3. The van der Waals surface area contributed by atoms with Crippen molar-refractivity contribution in [3.05, 3.63) is 34.7 Å². The number of ether oxygens (including phenoxy) is 1. The van der Waals surface area contributed by atoms with Gasteiger partial charge in [0, 0.05) is 5.56 Å². The summed E-state index contributed by atoms with van der Waals surface area (Å²) in [5.74, 6) is -2.33. The number of thioether (sulfide) groups is 1. The molecule has 28 heavy (non-hydrogen) atoms. The number of hydrogen-bond acceptors (Lipinski definition) is 6. The van der Waals surface area contributed by atoms with E-state index in [2.05, 4.69) is 0 Å². The van der Waals surface area contributed by atoms with Crippen LogP contribution in [0.15, 0.2) is 29.2 Å². The van der Waals surface area contributed by atoms with Gasteiger partial charge in [-0.25, -0.2) is 9.59 Å². The zero-order chi connectivity index (χ0) is 20.8. The maximum atomic E-state index is 12.8. The summed E-state index contributed by atoms with van der Waals surface area (Å²) < 4.78 is 5.76. The Labute approximate surface area is 172 Å². The lowest BCUT2D eigenvalue weighted by molar-refractivity contribution is -0.145. The van der Waals surface area contributed by atoms with Crippen LogP contribution in [0.25, 0.3) is 6.08 Å². The summed E-state index contributed by atoms with van der Waals surface area (Å²) in [6.45, 7) is 3.54. The third-order valence-corrected chi connectivity index (χ3v) is 5.43. The molecule has 0 saturated carbocycles. The van der Waals surface area contributed by atoms with Crippen molar-refractivity contribution < 1.29 is 29.3 Å². The molecule has 0 bridgehead atoms. The van der Waals surface area contributed by atoms with E-state index < -0.39 is 30.0 Å². The van der Waals surface area contributed by atoms with E-state index in [9.17, 15) is 24.6 Å². The molecule has 2 rings (SSSR count). The average molecular weight is 424 g/mol. The first kappa shape index (κ1) is 21.9. The van der Waals surface area contributed by atoms with E-state index in [1.54, 1.807) is 37.3 Å². The van der Waals surface area contributed by atoms with Crippen molar-refractivity contribution in [3.63, 3.8) is 0 Å². The zero-order valence-electron chi connectivity index (χ0n) is 15.5. The predicted octanol–water partition coefficient (Wildman–Crippen LogP) is 3.38. The van der Waals surface area contributed by atoms with E-state index in [1.807, 2.05) is 6.92 Å². The number of thiocarbonyl (C=S) groups is 1. The van der Waals surface area contributed by atoms with E-state index >= 15 is 0 Å². The van der Waals surface area contributed by atoms with Crippen LogP contribution in [-0.4, -0.2) is 49.4 Å². The lowest BCUT2D eigenvalue weighted by Gasteiger charge is -2.22. The monoisotopic (exact) mass is 423 g/mol. The third-order valence-electron chi connectivity index (χ3n) is 4.10. The van der Waals surface area contributed by atoms with Crippen LogP contribution in [0.2, 0.25) is 0 Å². The molecule has 7 nitrogen and oxygen atoms in total. The number of amides is 1. The van der Waals surface area contributed by atoms with E-state index in [0.717, 1.165) is 16.7 Å². The topological polar surface area (TPSA) is 104 Å². The lowest BCUT2D eigenvalue weighted by Crippen LogP contribution is -2.43. The van der Waals surface area contributed by atoms with Gasteiger partial charge in [0.2, 0.25) is 0 Å². The molecule has 1 aromatic carbocycles. The average Bonchev–Trinajstić information content (AvgIpc) is 2.92. The molecule has 150 valence electrons. The van der Waals surface area contributed by atoms with Crippen LogP contribution >= 0.6 is 24.0 Å². The van der Waals surface area contributed by atoms with E-state index in [4.69, 9.17) is 17.0 Å². The third kappa shape index (κ3) is 4.90. The summed E-state index contributed by atoms with van der Waals surface area (Å²) in [6, 6.07) is 5.74. The highest BCUT2D eigenvalue weighted by atomic mass is 32.2. The molecule has 1 aliphatic rings. The number of carboxylic acids is 2. The Hall–Kier alpha value is -2.39. The fraction of sp³-hybridized carbons (Fsp3) is 0.368. The summed E-state index contributed by atoms with van der Waals surface area (Å²) in [7, 11) is 0. The molecule has 2 atom stereocenters. The van der Waals surface area contributed by atoms with E-state index in [1.165, 1.54) is 0 Å². The highest BCUT2D eigenvalue weighted by molar-refractivity contribution is 8.26. The molecule has 1 saturated heterocycles. The normalized spacial score (nSPS) is 17.6. The van der Waals surface area contributed by atoms with Gasteiger partial charge in [0.05, 0.1) is 4.91 Å². The minimum atomic E-state index is -1.10. The smallest absolute Gasteiger partial charge is 0.344 e. The van der Waals surface area contributed by atoms with Crippen LogP contribution < -0.4 is 4.74 Å². The first-order valence-electron chi connectivity index (χ1n) is 8.78. The summed E-state index contributed by atoms with van der Waals surface area (Å²) >= 11 is 6.25. The first-order chi connectivity index (χ1) is 13.3. The zero-order valence-corrected chi connectivity index (χ0v) is 17.1. The minimum Gasteiger partial charge on any atom is -0.480 e. The van der Waals surface area contributed by atoms with Crippen molar-refractivity contribution in [2.45, 2.75) is 45.3 Å². The van der Waals surface area contributed by atoms with Gasteiger partial charge in [0.25, 0.3) is 5.91 Å². The number of aliphatic carboxylic acids is 2. The molecule has 0 aliphatic carbocycles. The van der Waals surface area contributed by atoms with Gasteiger partial charge in [-0.2, -0.15) is 0 Å². The van der Waals surface area contributed by atoms with Crippen LogP contribution in [0, 0.1) is 0 Å². The van der Waals surface area contributed by atoms with E-state index in [-0.39, 0.29) is 15.6 Å². The molecular formula is C19H21NO6S2. The largest absolute Gasteiger partial charge is 0.480 e. The molecular weight excluding hydrogens is 402 g/mol. The van der Waals surface area contributed by atoms with Crippen LogP contribution in [-0.2, 0) is 14.4 Å². The highest BCUT2D eigenvalue weighted by Crippen LogP contribution is 2.36. The molecule has 0 radical (unpaired) electrons. The lowest BCUT2D eigenvalue weighted by atomic mass is 10.1. The fourth-order valence-electron chi connectivity index (χ4n) is 2.69. The van der Waals surface area contributed by atoms with Gasteiger partial charge in [0.1, 0.15) is 16.1 Å². The predicted molar refractivity (Wildman–Crippen MR) is 110 cm³/mol. The Bertz CT molecular complexity index is 822. The van der Waals surface area contributed by atoms with Gasteiger partial charge in [-0.05, 0) is 25.0 Å². The molecule has 2 N–H and O–H groups in total. The standard InChI is InChI=1S/C19H21NO6S2/c1-3-7-12(17(22)23)20-16(21)15(28-19(20)27)10-11-8-5-6-9-14(11)26-13(4-2)18(24)25/h5-6,8-10,12-13H,3-4,7H2,1-2H3,(H,22,23)(H,24,25)/b15-10-. The Kier molecular flexibility index (Phi) is 7.59. The second-order valence-electron chi connectivity index (χ2n) is 6.09. The van der Waals surface area contributed by atoms with Crippen molar-refractivity contribution >= 4 is 52.2 Å². The van der Waals surface area contributed by atoms with E-state index in [0.29, 0.717) is 24.2 Å². The van der Waals surface area contributed by atoms with Gasteiger partial charge in [-0.15, -0.1) is 0 Å². The molecule has 1 amide bonds. The van der Waals surface area contributed by atoms with Crippen LogP contribution in [0.5, 0.6) is 5.75 Å². The second kappa shape index (κ2) is 9.70. The molecule has 0 aromatic heterocycles. The number of carbonyl (C=O) groups excluding carboxylic acids is 1. The molecule has 2 unspecified atom stereocenters. The number of benzene rings is 1. The summed E-state index contributed by atoms with van der Waals surface area (Å²) in [5.41, 5.74) is 0.519. The van der Waals surface area contributed by atoms with Gasteiger partial charge < -0.3 is 14.9 Å². The fourth-order valence-corrected chi connectivity index (χ4v) is 4.04. The number of nitrogens with zero attached hydrogens (tertiary/aromatic N) is 1. The Balaban J connectivity index is 2.34. The van der Waals surface area contributed by atoms with Crippen LogP contribution in [0.3, 0.4) is 0 Å². The minimum absolute atomic E-state index is 0.187. The van der Waals surface area contributed by atoms with Crippen LogP contribution in [0.1, 0.15) is 38.7 Å². The summed E-state index contributed by atoms with van der Waals surface area (Å²) in [5, 5.41) is 18.6. The molecule has 1 heterocycles. The van der Waals surface area contributed by atoms with Crippen molar-refractivity contribution in [1.82, 2.24) is 4.90 Å². The number of rotatable bonds is 9. The van der Waals surface area contributed by atoms with Gasteiger partial charge in [0.15, 0.2) is 6.10 Å². The number of hydrogen-bond donors (Lipinski definition) is 2. The molecule has 1 aromatic rings. The molecule has 0 spiro atoms. The maximum Gasteiger partial charge on any atom is 0.344 e. The van der Waals surface area contributed by atoms with Crippen molar-refractivity contribution in [2.24, 2.45) is 0 Å². The van der Waals surface area contributed by atoms with Crippen molar-refractivity contribution in [1.29, 1.82) is 0 Å². The van der Waals surface area contributed by atoms with Crippen molar-refractivity contribution in [2.75, 3.05) is 0 Å².